The Morgan fingerprint density at radius 2 is 1.97 bits per heavy atom. The predicted molar refractivity (Wildman–Crippen MR) is 125 cm³/mol. The van der Waals surface area contributed by atoms with E-state index >= 15 is 0 Å². The molecule has 3 aromatic rings. The highest BCUT2D eigenvalue weighted by molar-refractivity contribution is 6.51. The number of anilines is 2. The number of hydrogen-bond acceptors (Lipinski definition) is 7. The number of aliphatic hydroxyl groups is 1. The maximum absolute atomic E-state index is 13.2. The Kier molecular flexibility index (Phi) is 5.22. The van der Waals surface area contributed by atoms with E-state index in [9.17, 15) is 14.7 Å². The highest BCUT2D eigenvalue weighted by Gasteiger charge is 2.47. The molecular formula is C26H20N4O4. The van der Waals surface area contributed by atoms with Crippen molar-refractivity contribution in [2.24, 2.45) is 0 Å². The van der Waals surface area contributed by atoms with Gasteiger partial charge in [-0.2, -0.15) is 5.26 Å². The summed E-state index contributed by atoms with van der Waals surface area (Å²) in [6.45, 7) is 1.25. The van der Waals surface area contributed by atoms with Crippen LogP contribution in [0.1, 0.15) is 22.7 Å². The lowest BCUT2D eigenvalue weighted by atomic mass is 9.95. The van der Waals surface area contributed by atoms with E-state index in [1.165, 1.54) is 4.90 Å². The molecule has 1 aromatic heterocycles. The number of likely N-dealkylation sites (N-methyl/N-ethyl adjacent to an activating group) is 1. The van der Waals surface area contributed by atoms with Crippen LogP contribution in [0.25, 0.3) is 5.76 Å². The number of carbonyl (C=O) groups excluding carboxylic acids is 2. The second-order valence-corrected chi connectivity index (χ2v) is 8.07. The molecule has 2 aromatic carbocycles. The van der Waals surface area contributed by atoms with Gasteiger partial charge in [-0.15, -0.1) is 0 Å². The molecule has 2 aliphatic heterocycles. The zero-order valence-corrected chi connectivity index (χ0v) is 18.3. The zero-order chi connectivity index (χ0) is 23.8. The SMILES string of the molecule is CN1CCOc2ccc(/C(O)=C3/C(=O)C(=O)N(c4ccc(C#N)cc4)C3c3cccnc3)cc21. The Morgan fingerprint density at radius 1 is 1.18 bits per heavy atom. The average Bonchev–Trinajstić information content (AvgIpc) is 3.14. The summed E-state index contributed by atoms with van der Waals surface area (Å²) in [5.41, 5.74) is 2.61. The summed E-state index contributed by atoms with van der Waals surface area (Å²) in [4.78, 5) is 33.9. The van der Waals surface area contributed by atoms with Crippen molar-refractivity contribution >= 4 is 28.8 Å². The van der Waals surface area contributed by atoms with Gasteiger partial charge in [0.05, 0.1) is 35.5 Å². The molecule has 168 valence electrons. The predicted octanol–water partition coefficient (Wildman–Crippen LogP) is 3.41. The van der Waals surface area contributed by atoms with Gasteiger partial charge >= 0.3 is 0 Å². The van der Waals surface area contributed by atoms with Crippen LogP contribution in [0.4, 0.5) is 11.4 Å². The van der Waals surface area contributed by atoms with Crippen LogP contribution in [-0.2, 0) is 9.59 Å². The standard InChI is InChI=1S/C26H20N4O4/c1-29-11-12-34-21-9-6-17(13-20(21)29)24(31)22-23(18-3-2-10-28-15-18)30(26(33)25(22)32)19-7-4-16(14-27)5-8-19/h2-10,13,15,23,31H,11-12H2,1H3/b24-22-. The smallest absolute Gasteiger partial charge is 0.300 e. The Hall–Kier alpha value is -4.64. The number of nitriles is 1. The molecule has 0 radical (unpaired) electrons. The second-order valence-electron chi connectivity index (χ2n) is 8.07. The number of rotatable bonds is 3. The number of aliphatic hydroxyl groups excluding tert-OH is 1. The highest BCUT2D eigenvalue weighted by Crippen LogP contribution is 2.43. The summed E-state index contributed by atoms with van der Waals surface area (Å²) in [5.74, 6) is -1.14. The normalized spacial score (nSPS) is 18.9. The first-order chi connectivity index (χ1) is 16.5. The van der Waals surface area contributed by atoms with Gasteiger partial charge in [-0.1, -0.05) is 6.07 Å². The third-order valence-electron chi connectivity index (χ3n) is 6.05. The molecule has 0 spiro atoms. The van der Waals surface area contributed by atoms with E-state index in [1.807, 2.05) is 18.0 Å². The number of nitrogens with zero attached hydrogens (tertiary/aromatic N) is 4. The van der Waals surface area contributed by atoms with E-state index in [-0.39, 0.29) is 11.3 Å². The molecule has 2 aliphatic rings. The molecule has 1 N–H and O–H groups in total. The van der Waals surface area contributed by atoms with Crippen LogP contribution in [0, 0.1) is 11.3 Å². The molecule has 1 saturated heterocycles. The van der Waals surface area contributed by atoms with Crippen LogP contribution in [0.2, 0.25) is 0 Å². The lowest BCUT2D eigenvalue weighted by Crippen LogP contribution is -2.29. The third kappa shape index (κ3) is 3.44. The quantitative estimate of drug-likeness (QED) is 0.369. The number of ketones is 1. The molecule has 0 aliphatic carbocycles. The molecular weight excluding hydrogens is 432 g/mol. The van der Waals surface area contributed by atoms with Crippen LogP contribution in [0.3, 0.4) is 0 Å². The number of pyridine rings is 1. The monoisotopic (exact) mass is 452 g/mol. The first kappa shape index (κ1) is 21.2. The minimum absolute atomic E-state index is 0.0262. The van der Waals surface area contributed by atoms with E-state index in [4.69, 9.17) is 10.00 Å². The van der Waals surface area contributed by atoms with Crippen molar-refractivity contribution in [3.8, 4) is 11.8 Å². The largest absolute Gasteiger partial charge is 0.507 e. The van der Waals surface area contributed by atoms with Gasteiger partial charge in [-0.25, -0.2) is 0 Å². The number of hydrogen-bond donors (Lipinski definition) is 1. The maximum Gasteiger partial charge on any atom is 0.300 e. The maximum atomic E-state index is 13.2. The highest BCUT2D eigenvalue weighted by atomic mass is 16.5. The third-order valence-corrected chi connectivity index (χ3v) is 6.05. The number of ether oxygens (including phenoxy) is 1. The summed E-state index contributed by atoms with van der Waals surface area (Å²) < 4.78 is 5.68. The van der Waals surface area contributed by atoms with Gasteiger partial charge in [0.1, 0.15) is 18.1 Å². The molecule has 8 nitrogen and oxygen atoms in total. The molecule has 5 rings (SSSR count). The fourth-order valence-corrected chi connectivity index (χ4v) is 4.30. The summed E-state index contributed by atoms with van der Waals surface area (Å²) in [6, 6.07) is 16.2. The van der Waals surface area contributed by atoms with E-state index in [0.717, 1.165) is 5.69 Å². The van der Waals surface area contributed by atoms with Crippen molar-refractivity contribution in [1.82, 2.24) is 4.98 Å². The zero-order valence-electron chi connectivity index (χ0n) is 18.3. The molecule has 0 bridgehead atoms. The van der Waals surface area contributed by atoms with Crippen molar-refractivity contribution in [3.63, 3.8) is 0 Å². The second kappa shape index (κ2) is 8.37. The summed E-state index contributed by atoms with van der Waals surface area (Å²) in [7, 11) is 1.92. The van der Waals surface area contributed by atoms with Gasteiger partial charge in [-0.05, 0) is 54.1 Å². The van der Waals surface area contributed by atoms with Crippen molar-refractivity contribution in [1.29, 1.82) is 5.26 Å². The minimum Gasteiger partial charge on any atom is -0.507 e. The van der Waals surface area contributed by atoms with Crippen LogP contribution in [0.5, 0.6) is 5.75 Å². The number of benzene rings is 2. The van der Waals surface area contributed by atoms with Gasteiger partial charge in [0.25, 0.3) is 11.7 Å². The Morgan fingerprint density at radius 3 is 2.68 bits per heavy atom. The first-order valence-corrected chi connectivity index (χ1v) is 10.7. The molecule has 1 unspecified atom stereocenters. The van der Waals surface area contributed by atoms with E-state index in [0.29, 0.717) is 41.3 Å². The lowest BCUT2D eigenvalue weighted by Gasteiger charge is -2.28. The number of amides is 1. The molecule has 8 heteroatoms. The number of carbonyl (C=O) groups is 2. The number of fused-ring (bicyclic) bond motifs is 1. The molecule has 34 heavy (non-hydrogen) atoms. The average molecular weight is 452 g/mol. The van der Waals surface area contributed by atoms with Crippen LogP contribution < -0.4 is 14.5 Å². The van der Waals surface area contributed by atoms with E-state index in [1.54, 1.807) is 67.0 Å². The Balaban J connectivity index is 1.68. The van der Waals surface area contributed by atoms with Crippen LogP contribution >= 0.6 is 0 Å². The van der Waals surface area contributed by atoms with Crippen molar-refractivity contribution in [2.45, 2.75) is 6.04 Å². The topological polar surface area (TPSA) is 107 Å². The summed E-state index contributed by atoms with van der Waals surface area (Å²) >= 11 is 0. The van der Waals surface area contributed by atoms with Gasteiger partial charge in [0.2, 0.25) is 0 Å². The molecule has 1 amide bonds. The van der Waals surface area contributed by atoms with Gasteiger partial charge in [0, 0.05) is 30.7 Å². The molecule has 1 atom stereocenters. The summed E-state index contributed by atoms with van der Waals surface area (Å²) in [5, 5.41) is 20.4. The summed E-state index contributed by atoms with van der Waals surface area (Å²) in [6.07, 6.45) is 3.16. The molecule has 3 heterocycles. The van der Waals surface area contributed by atoms with Crippen LogP contribution in [0.15, 0.2) is 72.6 Å². The van der Waals surface area contributed by atoms with Crippen molar-refractivity contribution in [3.05, 3.63) is 89.3 Å². The van der Waals surface area contributed by atoms with Crippen molar-refractivity contribution < 1.29 is 19.4 Å². The fraction of sp³-hybridized carbons (Fsp3) is 0.154. The van der Waals surface area contributed by atoms with E-state index < -0.39 is 17.7 Å². The minimum atomic E-state index is -0.883. The van der Waals surface area contributed by atoms with Gasteiger partial charge in [-0.3, -0.25) is 19.5 Å². The fourth-order valence-electron chi connectivity index (χ4n) is 4.30. The molecule has 0 saturated carbocycles. The number of Topliss-reactive ketones (excluding diaryl/α,β-unsaturated/α-hetero) is 1. The Bertz CT molecular complexity index is 1360. The lowest BCUT2D eigenvalue weighted by molar-refractivity contribution is -0.132. The molecule has 1 fully saturated rings. The van der Waals surface area contributed by atoms with Crippen molar-refractivity contribution in [2.75, 3.05) is 30.0 Å². The van der Waals surface area contributed by atoms with Crippen LogP contribution in [-0.4, -0.2) is 42.0 Å². The Labute approximate surface area is 195 Å². The van der Waals surface area contributed by atoms with E-state index in [2.05, 4.69) is 4.98 Å². The van der Waals surface area contributed by atoms with Gasteiger partial charge in [0.15, 0.2) is 0 Å². The van der Waals surface area contributed by atoms with Gasteiger partial charge < -0.3 is 14.7 Å². The first-order valence-electron chi connectivity index (χ1n) is 10.7. The number of aromatic nitrogens is 1.